The van der Waals surface area contributed by atoms with Crippen LogP contribution in [0.4, 0.5) is 0 Å². The molecule has 0 amide bonds. The van der Waals surface area contributed by atoms with Crippen LogP contribution in [0, 0.1) is 5.92 Å². The Morgan fingerprint density at radius 2 is 2.29 bits per heavy atom. The van der Waals surface area contributed by atoms with E-state index in [1.807, 2.05) is 0 Å². The maximum atomic E-state index is 11.2. The molecule has 0 heterocycles. The number of hydrogen-bond acceptors (Lipinski definition) is 3. The number of esters is 1. The van der Waals surface area contributed by atoms with Crippen molar-refractivity contribution in [1.29, 1.82) is 0 Å². The van der Waals surface area contributed by atoms with Gasteiger partial charge in [-0.2, -0.15) is 0 Å². The molecule has 0 unspecified atom stereocenters. The van der Waals surface area contributed by atoms with Crippen molar-refractivity contribution in [1.82, 2.24) is 0 Å². The molecule has 3 atom stereocenters. The molecule has 0 fully saturated rings. The zero-order valence-electron chi connectivity index (χ0n) is 10.7. The number of methoxy groups -OCH3 is 1. The van der Waals surface area contributed by atoms with Gasteiger partial charge in [-0.15, -0.1) is 0 Å². The number of fused-ring (bicyclic) bond motifs is 1. The summed E-state index contributed by atoms with van der Waals surface area (Å²) < 4.78 is 11.1. The molecule has 0 aromatic carbocycles. The summed E-state index contributed by atoms with van der Waals surface area (Å²) in [6, 6.07) is 0. The van der Waals surface area contributed by atoms with Crippen molar-refractivity contribution >= 4 is 5.97 Å². The summed E-state index contributed by atoms with van der Waals surface area (Å²) in [5.74, 6) is -0.0496. The minimum atomic E-state index is -0.244. The Balaban J connectivity index is 2.27. The molecule has 0 aromatic rings. The smallest absolute Gasteiger partial charge is 0.302 e. The van der Waals surface area contributed by atoms with E-state index in [1.54, 1.807) is 7.11 Å². The van der Waals surface area contributed by atoms with E-state index < -0.39 is 0 Å². The SMILES string of the molecule is CO[C@]1(C)CCC=CC2=CC[C@H](OC(C)=O)[C@H]21. The van der Waals surface area contributed by atoms with Gasteiger partial charge >= 0.3 is 5.97 Å². The predicted octanol–water partition coefficient (Wildman–Crippen LogP) is 2.62. The molecule has 0 aliphatic heterocycles. The van der Waals surface area contributed by atoms with Crippen molar-refractivity contribution in [3.8, 4) is 0 Å². The summed E-state index contributed by atoms with van der Waals surface area (Å²) in [6.07, 6.45) is 9.18. The molecule has 94 valence electrons. The van der Waals surface area contributed by atoms with Gasteiger partial charge in [0.2, 0.25) is 0 Å². The van der Waals surface area contributed by atoms with Crippen LogP contribution in [0.5, 0.6) is 0 Å². The third kappa shape index (κ3) is 2.29. The normalized spacial score (nSPS) is 36.1. The number of allylic oxidation sites excluding steroid dienone is 2. The van der Waals surface area contributed by atoms with Crippen LogP contribution in [-0.4, -0.2) is 24.8 Å². The fourth-order valence-electron chi connectivity index (χ4n) is 2.95. The molecule has 2 aliphatic carbocycles. The van der Waals surface area contributed by atoms with E-state index in [-0.39, 0.29) is 23.6 Å². The van der Waals surface area contributed by atoms with Gasteiger partial charge in [-0.1, -0.05) is 18.2 Å². The lowest BCUT2D eigenvalue weighted by Gasteiger charge is -2.37. The third-order valence-electron chi connectivity index (χ3n) is 3.88. The molecule has 3 heteroatoms. The standard InChI is InChI=1S/C14H20O3/c1-10(15)17-12-8-7-11-6-4-5-9-14(2,16-3)13(11)12/h4,6-7,12-13H,5,8-9H2,1-3H3/t12-,13-,14+/m0/s1. The monoisotopic (exact) mass is 236 g/mol. The van der Waals surface area contributed by atoms with Crippen molar-refractivity contribution in [3.63, 3.8) is 0 Å². The van der Waals surface area contributed by atoms with Crippen molar-refractivity contribution in [2.24, 2.45) is 5.92 Å². The molecule has 0 bridgehead atoms. The lowest BCUT2D eigenvalue weighted by atomic mass is 9.80. The van der Waals surface area contributed by atoms with Gasteiger partial charge in [0.05, 0.1) is 5.60 Å². The minimum absolute atomic E-state index is 0.0739. The van der Waals surface area contributed by atoms with Gasteiger partial charge in [-0.3, -0.25) is 4.79 Å². The first-order valence-electron chi connectivity index (χ1n) is 6.16. The zero-order valence-corrected chi connectivity index (χ0v) is 10.7. The van der Waals surface area contributed by atoms with E-state index in [1.165, 1.54) is 12.5 Å². The largest absolute Gasteiger partial charge is 0.461 e. The summed E-state index contributed by atoms with van der Waals surface area (Å²) >= 11 is 0. The second-order valence-electron chi connectivity index (χ2n) is 5.02. The van der Waals surface area contributed by atoms with E-state index in [0.29, 0.717) is 0 Å². The van der Waals surface area contributed by atoms with Gasteiger partial charge in [0.15, 0.2) is 0 Å². The molecule has 2 rings (SSSR count). The fraction of sp³-hybridized carbons (Fsp3) is 0.643. The van der Waals surface area contributed by atoms with E-state index in [4.69, 9.17) is 9.47 Å². The quantitative estimate of drug-likeness (QED) is 0.691. The average Bonchev–Trinajstić information content (AvgIpc) is 2.58. The van der Waals surface area contributed by atoms with E-state index in [0.717, 1.165) is 19.3 Å². The fourth-order valence-corrected chi connectivity index (χ4v) is 2.95. The molecule has 0 N–H and O–H groups in total. The number of rotatable bonds is 2. The third-order valence-corrected chi connectivity index (χ3v) is 3.88. The van der Waals surface area contributed by atoms with Gasteiger partial charge in [-0.25, -0.2) is 0 Å². The summed E-state index contributed by atoms with van der Waals surface area (Å²) in [4.78, 5) is 11.2. The maximum Gasteiger partial charge on any atom is 0.302 e. The number of ether oxygens (including phenoxy) is 2. The lowest BCUT2D eigenvalue weighted by molar-refractivity contribution is -0.153. The van der Waals surface area contributed by atoms with E-state index in [9.17, 15) is 4.79 Å². The molecule has 0 radical (unpaired) electrons. The summed E-state index contributed by atoms with van der Waals surface area (Å²) in [5, 5.41) is 0. The van der Waals surface area contributed by atoms with Crippen LogP contribution in [0.2, 0.25) is 0 Å². The molecular formula is C14H20O3. The van der Waals surface area contributed by atoms with E-state index in [2.05, 4.69) is 25.2 Å². The van der Waals surface area contributed by atoms with Crippen LogP contribution >= 0.6 is 0 Å². The van der Waals surface area contributed by atoms with Gasteiger partial charge in [0, 0.05) is 26.4 Å². The highest BCUT2D eigenvalue weighted by atomic mass is 16.5. The maximum absolute atomic E-state index is 11.2. The van der Waals surface area contributed by atoms with Crippen molar-refractivity contribution in [3.05, 3.63) is 23.8 Å². The van der Waals surface area contributed by atoms with Crippen molar-refractivity contribution in [2.45, 2.75) is 44.8 Å². The molecule has 0 aromatic heterocycles. The van der Waals surface area contributed by atoms with Gasteiger partial charge in [0.1, 0.15) is 6.10 Å². The molecule has 0 spiro atoms. The van der Waals surface area contributed by atoms with Crippen LogP contribution in [0.15, 0.2) is 23.8 Å². The summed E-state index contributed by atoms with van der Waals surface area (Å²) in [7, 11) is 1.74. The lowest BCUT2D eigenvalue weighted by Crippen LogP contribution is -2.43. The molecular weight excluding hydrogens is 216 g/mol. The minimum Gasteiger partial charge on any atom is -0.461 e. The molecule has 2 aliphatic rings. The van der Waals surface area contributed by atoms with Crippen LogP contribution in [0.1, 0.15) is 33.1 Å². The van der Waals surface area contributed by atoms with Gasteiger partial charge in [0.25, 0.3) is 0 Å². The second-order valence-corrected chi connectivity index (χ2v) is 5.02. The Hall–Kier alpha value is -1.09. The predicted molar refractivity (Wildman–Crippen MR) is 65.5 cm³/mol. The first-order chi connectivity index (χ1) is 8.07. The highest BCUT2D eigenvalue weighted by Gasteiger charge is 2.45. The summed E-state index contributed by atoms with van der Waals surface area (Å²) in [5.41, 5.74) is 1.00. The van der Waals surface area contributed by atoms with Crippen LogP contribution in [-0.2, 0) is 14.3 Å². The Bertz CT molecular complexity index is 370. The van der Waals surface area contributed by atoms with Crippen molar-refractivity contribution < 1.29 is 14.3 Å². The first-order valence-corrected chi connectivity index (χ1v) is 6.16. The van der Waals surface area contributed by atoms with Gasteiger partial charge < -0.3 is 9.47 Å². The van der Waals surface area contributed by atoms with Crippen molar-refractivity contribution in [2.75, 3.05) is 7.11 Å². The number of hydrogen-bond donors (Lipinski definition) is 0. The Labute approximate surface area is 102 Å². The van der Waals surface area contributed by atoms with Gasteiger partial charge in [-0.05, 0) is 25.3 Å². The number of carbonyl (C=O) groups is 1. The Morgan fingerprint density at radius 3 is 2.94 bits per heavy atom. The average molecular weight is 236 g/mol. The van der Waals surface area contributed by atoms with Crippen LogP contribution < -0.4 is 0 Å². The molecule has 3 nitrogen and oxygen atoms in total. The second kappa shape index (κ2) is 4.65. The Kier molecular flexibility index (Phi) is 3.38. The number of carbonyl (C=O) groups excluding carboxylic acids is 1. The highest BCUT2D eigenvalue weighted by Crippen LogP contribution is 2.43. The molecule has 0 saturated carbocycles. The van der Waals surface area contributed by atoms with Crippen LogP contribution in [0.25, 0.3) is 0 Å². The topological polar surface area (TPSA) is 35.5 Å². The highest BCUT2D eigenvalue weighted by molar-refractivity contribution is 5.66. The first kappa shape index (κ1) is 12.4. The van der Waals surface area contributed by atoms with Crippen LogP contribution in [0.3, 0.4) is 0 Å². The van der Waals surface area contributed by atoms with E-state index >= 15 is 0 Å². The zero-order chi connectivity index (χ0) is 12.5. The Morgan fingerprint density at radius 1 is 1.53 bits per heavy atom. The molecule has 0 saturated heterocycles. The summed E-state index contributed by atoms with van der Waals surface area (Å²) in [6.45, 7) is 3.58. The molecule has 17 heavy (non-hydrogen) atoms.